The van der Waals surface area contributed by atoms with Gasteiger partial charge in [0.1, 0.15) is 5.75 Å². The van der Waals surface area contributed by atoms with Crippen LogP contribution in [0.3, 0.4) is 0 Å². The van der Waals surface area contributed by atoms with Crippen LogP contribution in [0.2, 0.25) is 0 Å². The molecule has 0 bridgehead atoms. The molecule has 1 unspecified atom stereocenters. The summed E-state index contributed by atoms with van der Waals surface area (Å²) in [6.07, 6.45) is 0.465. The van der Waals surface area contributed by atoms with Crippen LogP contribution in [0.25, 0.3) is 0 Å². The number of rotatable bonds is 3. The van der Waals surface area contributed by atoms with Crippen molar-refractivity contribution in [1.82, 2.24) is 4.90 Å². The van der Waals surface area contributed by atoms with E-state index >= 15 is 0 Å². The van der Waals surface area contributed by atoms with E-state index in [-0.39, 0.29) is 12.5 Å². The molecule has 0 aromatic heterocycles. The molecular formula is C14H16BrNO4. The summed E-state index contributed by atoms with van der Waals surface area (Å²) in [6, 6.07) is 5.17. The molecule has 0 aliphatic carbocycles. The zero-order chi connectivity index (χ0) is 14.9. The summed E-state index contributed by atoms with van der Waals surface area (Å²) >= 11 is 3.32. The number of likely N-dealkylation sites (tertiary alicyclic amines) is 1. The van der Waals surface area contributed by atoms with E-state index in [4.69, 9.17) is 4.74 Å². The maximum Gasteiger partial charge on any atom is 0.311 e. The van der Waals surface area contributed by atoms with Gasteiger partial charge < -0.3 is 14.7 Å². The Balaban J connectivity index is 2.23. The number of ether oxygens (including phenoxy) is 1. The topological polar surface area (TPSA) is 66.8 Å². The lowest BCUT2D eigenvalue weighted by Gasteiger charge is -2.21. The van der Waals surface area contributed by atoms with Gasteiger partial charge in [-0.25, -0.2) is 0 Å². The summed E-state index contributed by atoms with van der Waals surface area (Å²) in [4.78, 5) is 25.3. The van der Waals surface area contributed by atoms with Crippen LogP contribution in [-0.2, 0) is 4.79 Å². The number of carbonyl (C=O) groups excluding carboxylic acids is 1. The van der Waals surface area contributed by atoms with Crippen LogP contribution in [0.5, 0.6) is 5.75 Å². The fourth-order valence-electron chi connectivity index (χ4n) is 2.32. The number of nitrogens with zero attached hydrogens (tertiary/aromatic N) is 1. The van der Waals surface area contributed by atoms with E-state index in [0.717, 1.165) is 4.47 Å². The van der Waals surface area contributed by atoms with Crippen LogP contribution in [-0.4, -0.2) is 42.1 Å². The van der Waals surface area contributed by atoms with Crippen molar-refractivity contribution < 1.29 is 19.4 Å². The number of halogens is 1. The molecule has 1 N–H and O–H groups in total. The maximum atomic E-state index is 12.5. The van der Waals surface area contributed by atoms with Gasteiger partial charge in [-0.2, -0.15) is 0 Å². The zero-order valence-electron chi connectivity index (χ0n) is 11.4. The van der Waals surface area contributed by atoms with Crippen molar-refractivity contribution >= 4 is 27.8 Å². The van der Waals surface area contributed by atoms with Crippen molar-refractivity contribution in [3.63, 3.8) is 0 Å². The molecule has 1 aliphatic heterocycles. The van der Waals surface area contributed by atoms with Gasteiger partial charge in [0.2, 0.25) is 0 Å². The summed E-state index contributed by atoms with van der Waals surface area (Å²) in [5, 5.41) is 9.21. The number of hydrogen-bond acceptors (Lipinski definition) is 3. The van der Waals surface area contributed by atoms with Gasteiger partial charge >= 0.3 is 5.97 Å². The van der Waals surface area contributed by atoms with Gasteiger partial charge in [-0.1, -0.05) is 15.9 Å². The van der Waals surface area contributed by atoms with Crippen LogP contribution < -0.4 is 4.74 Å². The Bertz CT molecular complexity index is 560. The Morgan fingerprint density at radius 1 is 1.45 bits per heavy atom. The van der Waals surface area contributed by atoms with Gasteiger partial charge in [-0.15, -0.1) is 0 Å². The average Bonchev–Trinajstić information content (AvgIpc) is 2.82. The van der Waals surface area contributed by atoms with E-state index in [0.29, 0.717) is 24.3 Å². The first-order chi connectivity index (χ1) is 9.37. The monoisotopic (exact) mass is 341 g/mol. The molecule has 0 saturated carbocycles. The molecule has 0 radical (unpaired) electrons. The van der Waals surface area contributed by atoms with Crippen molar-refractivity contribution in [1.29, 1.82) is 0 Å². The molecule has 1 atom stereocenters. The molecule has 6 heteroatoms. The van der Waals surface area contributed by atoms with E-state index in [9.17, 15) is 14.7 Å². The number of carbonyl (C=O) groups is 2. The van der Waals surface area contributed by atoms with Crippen molar-refractivity contribution in [2.45, 2.75) is 13.3 Å². The smallest absolute Gasteiger partial charge is 0.311 e. The lowest BCUT2D eigenvalue weighted by molar-refractivity contribution is -0.147. The van der Waals surface area contributed by atoms with Gasteiger partial charge in [0.25, 0.3) is 5.91 Å². The summed E-state index contributed by atoms with van der Waals surface area (Å²) in [6.45, 7) is 2.34. The third-order valence-corrected chi connectivity index (χ3v) is 4.16. The summed E-state index contributed by atoms with van der Waals surface area (Å²) < 4.78 is 6.03. The number of amides is 1. The Morgan fingerprint density at radius 3 is 2.70 bits per heavy atom. The molecule has 1 aromatic rings. The number of methoxy groups -OCH3 is 1. The Morgan fingerprint density at radius 2 is 2.15 bits per heavy atom. The van der Waals surface area contributed by atoms with Gasteiger partial charge in [-0.05, 0) is 31.5 Å². The van der Waals surface area contributed by atoms with Gasteiger partial charge in [0.05, 0.1) is 18.1 Å². The summed E-state index contributed by atoms with van der Waals surface area (Å²) in [5.41, 5.74) is -0.413. The van der Waals surface area contributed by atoms with Crippen LogP contribution in [0.1, 0.15) is 23.7 Å². The molecule has 1 amide bonds. The Labute approximate surface area is 125 Å². The average molecular weight is 342 g/mol. The maximum absolute atomic E-state index is 12.5. The number of hydrogen-bond donors (Lipinski definition) is 1. The minimum Gasteiger partial charge on any atom is -0.496 e. The molecule has 108 valence electrons. The molecule has 1 heterocycles. The lowest BCUT2D eigenvalue weighted by Crippen LogP contribution is -2.35. The minimum atomic E-state index is -0.865. The highest BCUT2D eigenvalue weighted by Crippen LogP contribution is 2.32. The molecule has 5 nitrogen and oxygen atoms in total. The number of benzene rings is 1. The first-order valence-corrected chi connectivity index (χ1v) is 7.03. The van der Waals surface area contributed by atoms with Crippen molar-refractivity contribution in [3.05, 3.63) is 28.2 Å². The standard InChI is InChI=1S/C14H16BrNO4/c1-14(13(18)19)5-6-16(8-14)12(17)10-4-3-9(15)7-11(10)20-2/h3-4,7H,5-6,8H2,1-2H3,(H,18,19). The fraction of sp³-hybridized carbons (Fsp3) is 0.429. The molecule has 20 heavy (non-hydrogen) atoms. The van der Waals surface area contributed by atoms with Gasteiger partial charge in [0, 0.05) is 17.6 Å². The SMILES string of the molecule is COc1cc(Br)ccc1C(=O)N1CCC(C)(C(=O)O)C1. The number of carboxylic acids is 1. The van der Waals surface area contributed by atoms with Crippen LogP contribution in [0.4, 0.5) is 0 Å². The highest BCUT2D eigenvalue weighted by molar-refractivity contribution is 9.10. The normalized spacial score (nSPS) is 21.9. The highest BCUT2D eigenvalue weighted by Gasteiger charge is 2.42. The third kappa shape index (κ3) is 2.65. The fourth-order valence-corrected chi connectivity index (χ4v) is 2.66. The molecule has 1 saturated heterocycles. The van der Waals surface area contributed by atoms with E-state index in [2.05, 4.69) is 15.9 Å². The molecular weight excluding hydrogens is 326 g/mol. The van der Waals surface area contributed by atoms with Crippen molar-refractivity contribution in [3.8, 4) is 5.75 Å². The second-order valence-electron chi connectivity index (χ2n) is 5.19. The lowest BCUT2D eigenvalue weighted by atomic mass is 9.90. The second-order valence-corrected chi connectivity index (χ2v) is 6.10. The predicted molar refractivity (Wildman–Crippen MR) is 77.0 cm³/mol. The Hall–Kier alpha value is -1.56. The quantitative estimate of drug-likeness (QED) is 0.916. The summed E-state index contributed by atoms with van der Waals surface area (Å²) in [7, 11) is 1.50. The van der Waals surface area contributed by atoms with Gasteiger partial charge in [0.15, 0.2) is 0 Å². The zero-order valence-corrected chi connectivity index (χ0v) is 12.9. The molecule has 0 spiro atoms. The van der Waals surface area contributed by atoms with Crippen LogP contribution in [0.15, 0.2) is 22.7 Å². The molecule has 2 rings (SSSR count). The minimum absolute atomic E-state index is 0.195. The van der Waals surface area contributed by atoms with E-state index in [1.165, 1.54) is 7.11 Å². The molecule has 1 aliphatic rings. The van der Waals surface area contributed by atoms with E-state index in [1.807, 2.05) is 0 Å². The summed E-state index contributed by atoms with van der Waals surface area (Å²) in [5.74, 6) is -0.580. The number of aliphatic carboxylic acids is 1. The van der Waals surface area contributed by atoms with Gasteiger partial charge in [-0.3, -0.25) is 9.59 Å². The van der Waals surface area contributed by atoms with E-state index < -0.39 is 11.4 Å². The Kier molecular flexibility index (Phi) is 4.04. The van der Waals surface area contributed by atoms with Crippen molar-refractivity contribution in [2.75, 3.05) is 20.2 Å². The predicted octanol–water partition coefficient (Wildman–Crippen LogP) is 2.39. The van der Waals surface area contributed by atoms with Crippen LogP contribution in [0, 0.1) is 5.41 Å². The highest BCUT2D eigenvalue weighted by atomic mass is 79.9. The molecule has 1 fully saturated rings. The second kappa shape index (κ2) is 5.44. The largest absolute Gasteiger partial charge is 0.496 e. The molecule has 1 aromatic carbocycles. The van der Waals surface area contributed by atoms with E-state index in [1.54, 1.807) is 30.0 Å². The van der Waals surface area contributed by atoms with Crippen LogP contribution >= 0.6 is 15.9 Å². The first kappa shape index (κ1) is 14.8. The first-order valence-electron chi connectivity index (χ1n) is 6.23. The number of carboxylic acid groups (broad SMARTS) is 1. The third-order valence-electron chi connectivity index (χ3n) is 3.67. The van der Waals surface area contributed by atoms with Crippen molar-refractivity contribution in [2.24, 2.45) is 5.41 Å².